The summed E-state index contributed by atoms with van der Waals surface area (Å²) in [5.74, 6) is 4.71. The molecule has 0 rings (SSSR count). The number of carbonyl (C=O) groups is 1. The Bertz CT molecular complexity index is 142. The molecule has 3 N–H and O–H groups in total. The minimum atomic E-state index is -0.800. The van der Waals surface area contributed by atoms with Gasteiger partial charge in [-0.1, -0.05) is 0 Å². The molecule has 1 amide bonds. The summed E-state index contributed by atoms with van der Waals surface area (Å²) < 4.78 is 4.20. The van der Waals surface area contributed by atoms with Crippen molar-refractivity contribution >= 4 is 23.5 Å². The first kappa shape index (κ1) is 18.8. The van der Waals surface area contributed by atoms with Gasteiger partial charge in [0.2, 0.25) is 0 Å². The van der Waals surface area contributed by atoms with Gasteiger partial charge in [-0.15, -0.1) is 11.6 Å². The van der Waals surface area contributed by atoms with Crippen molar-refractivity contribution in [3.63, 3.8) is 0 Å². The Hall–Kier alpha value is 0.150. The van der Waals surface area contributed by atoms with Crippen LogP contribution in [0.2, 0.25) is 0 Å². The van der Waals surface area contributed by atoms with E-state index >= 15 is 0 Å². The van der Waals surface area contributed by atoms with E-state index in [4.69, 9.17) is 28.0 Å². The number of hydrazine groups is 1. The fourth-order valence-corrected chi connectivity index (χ4v) is 0.402. The molecule has 0 atom stereocenters. The molecule has 0 aliphatic carbocycles. The standard InChI is InChI=1S/C4H8ClN3O2.CH3O.Na/c1-10-4(9)8(7)3(6)2-5;1-2;/h6H,2,7H2,1H3;1H3;/q;-1;+1. The van der Waals surface area contributed by atoms with E-state index in [0.717, 1.165) is 7.11 Å². The fourth-order valence-electron chi connectivity index (χ4n) is 0.273. The Morgan fingerprint density at radius 2 is 2.08 bits per heavy atom. The topological polar surface area (TPSA) is 102 Å². The molecule has 13 heavy (non-hydrogen) atoms. The van der Waals surface area contributed by atoms with Gasteiger partial charge in [-0.2, -0.15) is 12.1 Å². The molecular weight excluding hydrogens is 209 g/mol. The van der Waals surface area contributed by atoms with E-state index in [0.29, 0.717) is 5.01 Å². The molecule has 72 valence electrons. The summed E-state index contributed by atoms with van der Waals surface area (Å²) in [7, 11) is 1.92. The van der Waals surface area contributed by atoms with Gasteiger partial charge in [0.15, 0.2) is 0 Å². The minimum absolute atomic E-state index is 0. The SMILES string of the molecule is COC(=O)N(N)C(=N)CCl.C[O-].[Na+]. The second-order valence-electron chi connectivity index (χ2n) is 1.42. The predicted molar refractivity (Wildman–Crippen MR) is 42.8 cm³/mol. The zero-order valence-electron chi connectivity index (χ0n) is 7.83. The van der Waals surface area contributed by atoms with Gasteiger partial charge in [0.25, 0.3) is 0 Å². The van der Waals surface area contributed by atoms with E-state index in [2.05, 4.69) is 4.74 Å². The molecule has 6 nitrogen and oxygen atoms in total. The quantitative estimate of drug-likeness (QED) is 0.0896. The Morgan fingerprint density at radius 1 is 1.69 bits per heavy atom. The predicted octanol–water partition coefficient (Wildman–Crippen LogP) is -3.87. The van der Waals surface area contributed by atoms with Gasteiger partial charge in [0.1, 0.15) is 5.84 Å². The van der Waals surface area contributed by atoms with Gasteiger partial charge in [-0.3, -0.25) is 5.41 Å². The molecule has 0 aromatic rings. The second kappa shape index (κ2) is 12.2. The Kier molecular flexibility index (Phi) is 17.6. The van der Waals surface area contributed by atoms with Crippen molar-refractivity contribution in [2.45, 2.75) is 0 Å². The number of nitrogens with two attached hydrogens (primary N) is 1. The van der Waals surface area contributed by atoms with E-state index in [1.165, 1.54) is 7.11 Å². The van der Waals surface area contributed by atoms with Crippen LogP contribution in [0.1, 0.15) is 0 Å². The molecule has 0 unspecified atom stereocenters. The normalized spacial score (nSPS) is 7.15. The first-order chi connectivity index (χ1) is 5.63. The molecule has 0 fully saturated rings. The van der Waals surface area contributed by atoms with E-state index in [1.807, 2.05) is 0 Å². The molecule has 0 saturated heterocycles. The molecule has 0 aromatic heterocycles. The number of carbonyl (C=O) groups excluding carboxylic acids is 1. The maximum atomic E-state index is 10.5. The van der Waals surface area contributed by atoms with Crippen molar-refractivity contribution in [3.8, 4) is 0 Å². The number of alkyl halides is 1. The van der Waals surface area contributed by atoms with Gasteiger partial charge >= 0.3 is 35.7 Å². The third-order valence-corrected chi connectivity index (χ3v) is 1.04. The van der Waals surface area contributed by atoms with Crippen molar-refractivity contribution in [1.29, 1.82) is 5.41 Å². The van der Waals surface area contributed by atoms with Crippen molar-refractivity contribution in [1.82, 2.24) is 5.01 Å². The van der Waals surface area contributed by atoms with Gasteiger partial charge in [0, 0.05) is 0 Å². The number of ether oxygens (including phenoxy) is 1. The average molecular weight is 220 g/mol. The molecule has 0 aliphatic heterocycles. The molecule has 0 radical (unpaired) electrons. The Balaban J connectivity index is -0.000000309. The van der Waals surface area contributed by atoms with Crippen molar-refractivity contribution in [2.24, 2.45) is 5.84 Å². The summed E-state index contributed by atoms with van der Waals surface area (Å²) in [4.78, 5) is 10.5. The fraction of sp³-hybridized carbons (Fsp3) is 0.600. The van der Waals surface area contributed by atoms with E-state index in [9.17, 15) is 4.79 Å². The minimum Gasteiger partial charge on any atom is -0.857 e. The summed E-state index contributed by atoms with van der Waals surface area (Å²) in [5, 5.41) is 15.7. The zero-order valence-corrected chi connectivity index (χ0v) is 10.6. The van der Waals surface area contributed by atoms with Gasteiger partial charge in [-0.05, 0) is 0 Å². The zero-order chi connectivity index (χ0) is 10.1. The van der Waals surface area contributed by atoms with Crippen LogP contribution in [0.15, 0.2) is 0 Å². The van der Waals surface area contributed by atoms with Crippen LogP contribution >= 0.6 is 11.6 Å². The molecule has 8 heteroatoms. The Morgan fingerprint density at radius 3 is 2.31 bits per heavy atom. The first-order valence-corrected chi connectivity index (χ1v) is 3.34. The summed E-state index contributed by atoms with van der Waals surface area (Å²) >= 11 is 5.19. The molecular formula is C5H11ClN3NaO3. The molecule has 0 heterocycles. The number of nitrogens with one attached hydrogen (secondary N) is 1. The molecule has 0 saturated carbocycles. The van der Waals surface area contributed by atoms with Crippen molar-refractivity contribution < 1.29 is 44.2 Å². The van der Waals surface area contributed by atoms with Gasteiger partial charge in [0.05, 0.1) is 13.0 Å². The van der Waals surface area contributed by atoms with Crippen LogP contribution in [0.3, 0.4) is 0 Å². The number of rotatable bonds is 1. The second-order valence-corrected chi connectivity index (χ2v) is 1.69. The average Bonchev–Trinajstić information content (AvgIpc) is 2.17. The molecule has 0 aromatic carbocycles. The molecule has 0 spiro atoms. The van der Waals surface area contributed by atoms with E-state index in [1.54, 1.807) is 0 Å². The van der Waals surface area contributed by atoms with Crippen molar-refractivity contribution in [2.75, 3.05) is 20.1 Å². The van der Waals surface area contributed by atoms with Crippen LogP contribution in [-0.2, 0) is 4.74 Å². The maximum absolute atomic E-state index is 10.5. The number of amides is 1. The molecule has 0 aliphatic rings. The van der Waals surface area contributed by atoms with Crippen LogP contribution in [-0.4, -0.2) is 37.0 Å². The number of methoxy groups -OCH3 is 1. The summed E-state index contributed by atoms with van der Waals surface area (Å²) in [5.41, 5.74) is 0. The van der Waals surface area contributed by atoms with Crippen LogP contribution in [0.4, 0.5) is 4.79 Å². The van der Waals surface area contributed by atoms with E-state index in [-0.39, 0.29) is 41.3 Å². The summed E-state index contributed by atoms with van der Waals surface area (Å²) in [6, 6.07) is 0. The van der Waals surface area contributed by atoms with Crippen LogP contribution in [0, 0.1) is 5.41 Å². The number of hydrogen-bond acceptors (Lipinski definition) is 5. The van der Waals surface area contributed by atoms with Gasteiger partial charge < -0.3 is 9.84 Å². The van der Waals surface area contributed by atoms with Crippen LogP contribution in [0.5, 0.6) is 0 Å². The van der Waals surface area contributed by atoms with Crippen LogP contribution in [0.25, 0.3) is 0 Å². The largest absolute Gasteiger partial charge is 1.00 e. The van der Waals surface area contributed by atoms with Gasteiger partial charge in [-0.25, -0.2) is 10.6 Å². The summed E-state index contributed by atoms with van der Waals surface area (Å²) in [6.07, 6.45) is -0.800. The summed E-state index contributed by atoms with van der Waals surface area (Å²) in [6.45, 7) is 0. The van der Waals surface area contributed by atoms with E-state index < -0.39 is 6.09 Å². The molecule has 0 bridgehead atoms. The first-order valence-electron chi connectivity index (χ1n) is 2.80. The number of nitrogens with zero attached hydrogens (tertiary/aromatic N) is 1. The van der Waals surface area contributed by atoms with Crippen molar-refractivity contribution in [3.05, 3.63) is 0 Å². The monoisotopic (exact) mass is 219 g/mol. The number of amidine groups is 1. The number of hydrogen-bond donors (Lipinski definition) is 2. The smallest absolute Gasteiger partial charge is 0.857 e. The van der Waals surface area contributed by atoms with Crippen LogP contribution < -0.4 is 40.5 Å². The third-order valence-electron chi connectivity index (χ3n) is 0.789. The third kappa shape index (κ3) is 8.48. The Labute approximate surface area is 104 Å². The number of halogens is 1. The maximum Gasteiger partial charge on any atom is 1.00 e.